The molecule has 3 rings (SSSR count). The van der Waals surface area contributed by atoms with Crippen LogP contribution in [-0.2, 0) is 0 Å². The lowest BCUT2D eigenvalue weighted by Gasteiger charge is -2.08. The Kier molecular flexibility index (Phi) is 7.76. The van der Waals surface area contributed by atoms with Crippen LogP contribution in [0.25, 0.3) is 0 Å². The van der Waals surface area contributed by atoms with Crippen LogP contribution >= 0.6 is 0 Å². The highest BCUT2D eigenvalue weighted by Gasteiger charge is 2.11. The molecular formula is C25H26N2O4. The number of phenolic OH excluding ortho intramolecular Hbond substituents is 1. The van der Waals surface area contributed by atoms with E-state index in [4.69, 9.17) is 9.47 Å². The number of phenols is 1. The quantitative estimate of drug-likeness (QED) is 0.177. The lowest BCUT2D eigenvalue weighted by Crippen LogP contribution is -2.08. The standard InChI is InChI=1S/C25H26N2O4/c1-3-4-5-16-30-21-12-8-19(9-13-21)25(29)31-22-14-15-23(24(28)17-22)27-26-20-10-6-18(2)7-11-20/h6-15,17,28H,3-5,16H2,1-2H3. The van der Waals surface area contributed by atoms with Crippen LogP contribution in [0.5, 0.6) is 17.2 Å². The highest BCUT2D eigenvalue weighted by atomic mass is 16.5. The van der Waals surface area contributed by atoms with Crippen LogP contribution in [-0.4, -0.2) is 17.7 Å². The Balaban J connectivity index is 1.58. The molecule has 6 heteroatoms. The van der Waals surface area contributed by atoms with Crippen LogP contribution in [0.4, 0.5) is 11.4 Å². The van der Waals surface area contributed by atoms with Gasteiger partial charge in [-0.1, -0.05) is 37.5 Å². The van der Waals surface area contributed by atoms with Crippen molar-refractivity contribution < 1.29 is 19.4 Å². The average molecular weight is 418 g/mol. The van der Waals surface area contributed by atoms with Gasteiger partial charge in [0, 0.05) is 6.07 Å². The minimum atomic E-state index is -0.522. The molecule has 3 aromatic rings. The van der Waals surface area contributed by atoms with Crippen molar-refractivity contribution in [2.24, 2.45) is 10.2 Å². The zero-order valence-corrected chi connectivity index (χ0v) is 17.7. The Morgan fingerprint density at radius 1 is 0.903 bits per heavy atom. The van der Waals surface area contributed by atoms with E-state index >= 15 is 0 Å². The molecule has 0 aromatic heterocycles. The fourth-order valence-corrected chi connectivity index (χ4v) is 2.77. The van der Waals surface area contributed by atoms with Gasteiger partial charge in [0.1, 0.15) is 22.9 Å². The molecule has 0 unspecified atom stereocenters. The van der Waals surface area contributed by atoms with Gasteiger partial charge in [0.15, 0.2) is 0 Å². The topological polar surface area (TPSA) is 80.5 Å². The number of carbonyl (C=O) groups excluding carboxylic acids is 1. The van der Waals surface area contributed by atoms with Crippen molar-refractivity contribution in [3.63, 3.8) is 0 Å². The summed E-state index contributed by atoms with van der Waals surface area (Å²) in [7, 11) is 0. The van der Waals surface area contributed by atoms with Gasteiger partial charge in [-0.25, -0.2) is 4.79 Å². The Morgan fingerprint density at radius 3 is 2.29 bits per heavy atom. The summed E-state index contributed by atoms with van der Waals surface area (Å²) in [5, 5.41) is 18.3. The van der Waals surface area contributed by atoms with E-state index in [-0.39, 0.29) is 17.2 Å². The SMILES string of the molecule is CCCCCOc1ccc(C(=O)Oc2ccc(N=Nc3ccc(C)cc3)c(O)c2)cc1. The second-order valence-corrected chi connectivity index (χ2v) is 7.16. The summed E-state index contributed by atoms with van der Waals surface area (Å²) in [4.78, 5) is 12.4. The molecule has 0 saturated carbocycles. The van der Waals surface area contributed by atoms with Crippen LogP contribution < -0.4 is 9.47 Å². The molecule has 0 amide bonds. The van der Waals surface area contributed by atoms with Crippen LogP contribution in [0.3, 0.4) is 0 Å². The number of esters is 1. The maximum absolute atomic E-state index is 12.4. The number of unbranched alkanes of at least 4 members (excludes halogenated alkanes) is 2. The largest absolute Gasteiger partial charge is 0.505 e. The predicted octanol–water partition coefficient (Wildman–Crippen LogP) is 6.90. The van der Waals surface area contributed by atoms with Crippen LogP contribution in [0, 0.1) is 6.92 Å². The van der Waals surface area contributed by atoms with Crippen LogP contribution in [0.2, 0.25) is 0 Å². The first kappa shape index (κ1) is 22.0. The molecule has 0 saturated heterocycles. The Morgan fingerprint density at radius 2 is 1.61 bits per heavy atom. The molecule has 0 spiro atoms. The number of hydrogen-bond acceptors (Lipinski definition) is 6. The number of azo groups is 1. The smallest absolute Gasteiger partial charge is 0.343 e. The normalized spacial score (nSPS) is 10.9. The summed E-state index contributed by atoms with van der Waals surface area (Å²) < 4.78 is 11.0. The number of ether oxygens (including phenoxy) is 2. The van der Waals surface area contributed by atoms with Crippen molar-refractivity contribution in [3.05, 3.63) is 77.9 Å². The predicted molar refractivity (Wildman–Crippen MR) is 120 cm³/mol. The molecule has 0 aliphatic carbocycles. The molecule has 31 heavy (non-hydrogen) atoms. The van der Waals surface area contributed by atoms with Gasteiger partial charge in [-0.05, 0) is 61.9 Å². The number of rotatable bonds is 9. The van der Waals surface area contributed by atoms with Gasteiger partial charge in [0.25, 0.3) is 0 Å². The third kappa shape index (κ3) is 6.67. The first-order chi connectivity index (χ1) is 15.0. The van der Waals surface area contributed by atoms with E-state index in [1.807, 2.05) is 31.2 Å². The Labute approximate surface area is 182 Å². The van der Waals surface area contributed by atoms with Crippen LogP contribution in [0.15, 0.2) is 77.0 Å². The highest BCUT2D eigenvalue weighted by Crippen LogP contribution is 2.32. The number of aryl methyl sites for hydroxylation is 1. The number of aromatic hydroxyl groups is 1. The first-order valence-corrected chi connectivity index (χ1v) is 10.3. The number of nitrogens with zero attached hydrogens (tertiary/aromatic N) is 2. The second-order valence-electron chi connectivity index (χ2n) is 7.16. The number of benzene rings is 3. The van der Waals surface area contributed by atoms with Crippen molar-refractivity contribution in [3.8, 4) is 17.2 Å². The van der Waals surface area contributed by atoms with E-state index in [1.54, 1.807) is 36.4 Å². The Bertz CT molecular complexity index is 1030. The molecule has 0 aliphatic rings. The van der Waals surface area contributed by atoms with E-state index in [2.05, 4.69) is 17.2 Å². The summed E-state index contributed by atoms with van der Waals surface area (Å²) in [5.74, 6) is 0.285. The van der Waals surface area contributed by atoms with Crippen LogP contribution in [0.1, 0.15) is 42.1 Å². The molecule has 6 nitrogen and oxygen atoms in total. The third-order valence-electron chi connectivity index (χ3n) is 4.57. The number of carbonyl (C=O) groups is 1. The zero-order chi connectivity index (χ0) is 22.1. The first-order valence-electron chi connectivity index (χ1n) is 10.3. The average Bonchev–Trinajstić information content (AvgIpc) is 2.78. The van der Waals surface area contributed by atoms with E-state index in [9.17, 15) is 9.90 Å². The molecular weight excluding hydrogens is 392 g/mol. The van der Waals surface area contributed by atoms with E-state index < -0.39 is 5.97 Å². The van der Waals surface area contributed by atoms with E-state index in [0.717, 1.165) is 24.8 Å². The molecule has 1 N–H and O–H groups in total. The van der Waals surface area contributed by atoms with Crippen molar-refractivity contribution >= 4 is 17.3 Å². The van der Waals surface area contributed by atoms with Crippen molar-refractivity contribution in [1.82, 2.24) is 0 Å². The van der Waals surface area contributed by atoms with Gasteiger partial charge in [-0.2, -0.15) is 5.11 Å². The van der Waals surface area contributed by atoms with Gasteiger partial charge in [-0.3, -0.25) is 0 Å². The minimum Gasteiger partial charge on any atom is -0.505 e. The molecule has 3 aromatic carbocycles. The van der Waals surface area contributed by atoms with Crippen molar-refractivity contribution in [1.29, 1.82) is 0 Å². The molecule has 0 radical (unpaired) electrons. The lowest BCUT2D eigenvalue weighted by molar-refractivity contribution is 0.0734. The van der Waals surface area contributed by atoms with Gasteiger partial charge in [0.05, 0.1) is 17.9 Å². The van der Waals surface area contributed by atoms with Gasteiger partial charge in [-0.15, -0.1) is 5.11 Å². The maximum atomic E-state index is 12.4. The molecule has 0 heterocycles. The molecule has 0 atom stereocenters. The summed E-state index contributed by atoms with van der Waals surface area (Å²) in [5.41, 5.74) is 2.48. The molecule has 0 fully saturated rings. The summed E-state index contributed by atoms with van der Waals surface area (Å²) in [6, 6.07) is 18.8. The van der Waals surface area contributed by atoms with E-state index in [0.29, 0.717) is 23.6 Å². The monoisotopic (exact) mass is 418 g/mol. The van der Waals surface area contributed by atoms with Gasteiger partial charge < -0.3 is 14.6 Å². The fraction of sp³-hybridized carbons (Fsp3) is 0.240. The van der Waals surface area contributed by atoms with Crippen molar-refractivity contribution in [2.75, 3.05) is 6.61 Å². The number of hydrogen-bond donors (Lipinski definition) is 1. The highest BCUT2D eigenvalue weighted by molar-refractivity contribution is 5.91. The molecule has 160 valence electrons. The zero-order valence-electron chi connectivity index (χ0n) is 17.7. The molecule has 0 aliphatic heterocycles. The third-order valence-corrected chi connectivity index (χ3v) is 4.57. The minimum absolute atomic E-state index is 0.128. The Hall–Kier alpha value is -3.67. The lowest BCUT2D eigenvalue weighted by atomic mass is 10.2. The maximum Gasteiger partial charge on any atom is 0.343 e. The van der Waals surface area contributed by atoms with Crippen molar-refractivity contribution in [2.45, 2.75) is 33.1 Å². The second kappa shape index (κ2) is 10.9. The fourth-order valence-electron chi connectivity index (χ4n) is 2.77. The summed E-state index contributed by atoms with van der Waals surface area (Å²) >= 11 is 0. The van der Waals surface area contributed by atoms with E-state index in [1.165, 1.54) is 6.07 Å². The van der Waals surface area contributed by atoms with Gasteiger partial charge >= 0.3 is 5.97 Å². The summed E-state index contributed by atoms with van der Waals surface area (Å²) in [6.07, 6.45) is 3.27. The summed E-state index contributed by atoms with van der Waals surface area (Å²) in [6.45, 7) is 4.79. The molecule has 0 bridgehead atoms. The van der Waals surface area contributed by atoms with Gasteiger partial charge in [0.2, 0.25) is 0 Å².